The van der Waals surface area contributed by atoms with E-state index in [-0.39, 0.29) is 0 Å². The molecule has 0 saturated heterocycles. The minimum Gasteiger partial charge on any atom is -0.464 e. The third kappa shape index (κ3) is 3.17. The van der Waals surface area contributed by atoms with Gasteiger partial charge >= 0.3 is 0 Å². The highest BCUT2D eigenvalue weighted by Gasteiger charge is 2.04. The van der Waals surface area contributed by atoms with Crippen molar-refractivity contribution in [2.45, 2.75) is 13.5 Å². The van der Waals surface area contributed by atoms with Gasteiger partial charge in [0.25, 0.3) is 0 Å². The molecule has 1 aromatic heterocycles. The molecule has 2 aromatic rings. The Morgan fingerprint density at radius 3 is 3.00 bits per heavy atom. The Labute approximate surface area is 104 Å². The van der Waals surface area contributed by atoms with Crippen LogP contribution < -0.4 is 5.32 Å². The maximum absolute atomic E-state index is 11.2. The molecule has 1 atom stereocenters. The Bertz CT molecular complexity index is 507. The average Bonchev–Trinajstić information content (AvgIpc) is 2.78. The Hall–Kier alpha value is -1.13. The van der Waals surface area contributed by atoms with Crippen molar-refractivity contribution in [3.05, 3.63) is 36.1 Å². The molecule has 0 radical (unpaired) electrons. The van der Waals surface area contributed by atoms with E-state index < -0.39 is 10.8 Å². The van der Waals surface area contributed by atoms with Crippen molar-refractivity contribution in [3.63, 3.8) is 0 Å². The van der Waals surface area contributed by atoms with Gasteiger partial charge in [-0.15, -0.1) is 0 Å². The Kier molecular flexibility index (Phi) is 4.34. The molecule has 0 spiro atoms. The highest BCUT2D eigenvalue weighted by molar-refractivity contribution is 7.84. The quantitative estimate of drug-likeness (QED) is 0.801. The topological polar surface area (TPSA) is 42.2 Å². The first-order valence-electron chi connectivity index (χ1n) is 5.82. The molecule has 1 N–H and O–H groups in total. The zero-order valence-electron chi connectivity index (χ0n) is 9.94. The largest absolute Gasteiger partial charge is 0.464 e. The Morgan fingerprint density at radius 1 is 1.35 bits per heavy atom. The van der Waals surface area contributed by atoms with E-state index in [4.69, 9.17) is 4.42 Å². The molecule has 17 heavy (non-hydrogen) atoms. The first kappa shape index (κ1) is 12.3. The van der Waals surface area contributed by atoms with Gasteiger partial charge in [-0.25, -0.2) is 0 Å². The molecule has 1 unspecified atom stereocenters. The first-order chi connectivity index (χ1) is 8.31. The highest BCUT2D eigenvalue weighted by atomic mass is 32.2. The molecule has 0 saturated carbocycles. The minimum absolute atomic E-state index is 0.688. The fraction of sp³-hybridized carbons (Fsp3) is 0.385. The van der Waals surface area contributed by atoms with Crippen LogP contribution in [0.25, 0.3) is 11.0 Å². The summed E-state index contributed by atoms with van der Waals surface area (Å²) < 4.78 is 16.7. The van der Waals surface area contributed by atoms with Gasteiger partial charge in [0.05, 0.1) is 6.26 Å². The van der Waals surface area contributed by atoms with Gasteiger partial charge < -0.3 is 9.73 Å². The summed E-state index contributed by atoms with van der Waals surface area (Å²) >= 11 is 0. The van der Waals surface area contributed by atoms with Crippen LogP contribution in [0.15, 0.2) is 34.9 Å². The van der Waals surface area contributed by atoms with E-state index in [1.807, 2.05) is 25.1 Å². The zero-order valence-corrected chi connectivity index (χ0v) is 10.8. The number of fused-ring (bicyclic) bond motifs is 1. The fourth-order valence-electron chi connectivity index (χ4n) is 1.72. The summed E-state index contributed by atoms with van der Waals surface area (Å²) in [6.45, 7) is 3.48. The van der Waals surface area contributed by atoms with Crippen LogP contribution in [-0.2, 0) is 17.3 Å². The molecule has 0 aliphatic heterocycles. The predicted octanol–water partition coefficient (Wildman–Crippen LogP) is 2.29. The van der Waals surface area contributed by atoms with E-state index >= 15 is 0 Å². The van der Waals surface area contributed by atoms with Crippen LogP contribution in [0.4, 0.5) is 0 Å². The van der Waals surface area contributed by atoms with E-state index in [0.29, 0.717) is 5.75 Å². The average molecular weight is 251 g/mol. The summed E-state index contributed by atoms with van der Waals surface area (Å²) in [6, 6.07) is 7.99. The van der Waals surface area contributed by atoms with Gasteiger partial charge in [0, 0.05) is 46.3 Å². The van der Waals surface area contributed by atoms with E-state index in [0.717, 1.165) is 35.4 Å². The normalized spacial score (nSPS) is 13.0. The molecule has 2 rings (SSSR count). The number of para-hydroxylation sites is 1. The molecule has 3 nitrogen and oxygen atoms in total. The van der Waals surface area contributed by atoms with Crippen molar-refractivity contribution in [2.24, 2.45) is 0 Å². The Balaban J connectivity index is 1.89. The minimum atomic E-state index is -0.688. The van der Waals surface area contributed by atoms with E-state index in [1.54, 1.807) is 6.26 Å². The van der Waals surface area contributed by atoms with Crippen molar-refractivity contribution >= 4 is 21.8 Å². The lowest BCUT2D eigenvalue weighted by molar-refractivity contribution is 0.604. The maximum atomic E-state index is 11.2. The molecule has 4 heteroatoms. The lowest BCUT2D eigenvalue weighted by Crippen LogP contribution is -2.20. The van der Waals surface area contributed by atoms with E-state index in [2.05, 4.69) is 11.4 Å². The summed E-state index contributed by atoms with van der Waals surface area (Å²) in [5.41, 5.74) is 2.07. The van der Waals surface area contributed by atoms with Crippen molar-refractivity contribution in [1.82, 2.24) is 5.32 Å². The second kappa shape index (κ2) is 5.98. The monoisotopic (exact) mass is 251 g/mol. The van der Waals surface area contributed by atoms with Crippen molar-refractivity contribution in [1.29, 1.82) is 0 Å². The SMILES string of the molecule is CCS(=O)CCNCc1coc2ccccc12. The number of nitrogens with one attached hydrogen (secondary N) is 1. The third-order valence-electron chi connectivity index (χ3n) is 2.71. The summed E-state index contributed by atoms with van der Waals surface area (Å²) in [4.78, 5) is 0. The summed E-state index contributed by atoms with van der Waals surface area (Å²) in [5.74, 6) is 1.45. The molecule has 1 aromatic carbocycles. The number of hydrogen-bond acceptors (Lipinski definition) is 3. The van der Waals surface area contributed by atoms with Gasteiger partial charge in [0.2, 0.25) is 0 Å². The second-order valence-electron chi connectivity index (χ2n) is 3.87. The van der Waals surface area contributed by atoms with Crippen molar-refractivity contribution in [2.75, 3.05) is 18.1 Å². The van der Waals surface area contributed by atoms with Gasteiger partial charge in [0.1, 0.15) is 5.58 Å². The van der Waals surface area contributed by atoms with Gasteiger partial charge in [-0.2, -0.15) is 0 Å². The van der Waals surface area contributed by atoms with Crippen LogP contribution in [0.5, 0.6) is 0 Å². The van der Waals surface area contributed by atoms with Crippen LogP contribution in [0.1, 0.15) is 12.5 Å². The lowest BCUT2D eigenvalue weighted by Gasteiger charge is -2.02. The van der Waals surface area contributed by atoms with Crippen LogP contribution >= 0.6 is 0 Å². The van der Waals surface area contributed by atoms with Crippen molar-refractivity contribution < 1.29 is 8.63 Å². The van der Waals surface area contributed by atoms with Crippen LogP contribution in [0.2, 0.25) is 0 Å². The van der Waals surface area contributed by atoms with E-state index in [1.165, 1.54) is 0 Å². The van der Waals surface area contributed by atoms with Gasteiger partial charge in [-0.05, 0) is 6.07 Å². The smallest absolute Gasteiger partial charge is 0.134 e. The maximum Gasteiger partial charge on any atom is 0.134 e. The predicted molar refractivity (Wildman–Crippen MR) is 71.5 cm³/mol. The lowest BCUT2D eigenvalue weighted by atomic mass is 10.2. The molecule has 0 aliphatic rings. The zero-order chi connectivity index (χ0) is 12.1. The van der Waals surface area contributed by atoms with E-state index in [9.17, 15) is 4.21 Å². The molecular formula is C13H17NO2S. The number of hydrogen-bond donors (Lipinski definition) is 1. The molecule has 0 fully saturated rings. The molecule has 0 amide bonds. The molecular weight excluding hydrogens is 234 g/mol. The molecule has 1 heterocycles. The third-order valence-corrected chi connectivity index (χ3v) is 4.01. The highest BCUT2D eigenvalue weighted by Crippen LogP contribution is 2.20. The molecule has 0 bridgehead atoms. The fourth-order valence-corrected chi connectivity index (χ4v) is 2.38. The summed E-state index contributed by atoms with van der Waals surface area (Å²) in [5, 5.41) is 4.44. The van der Waals surface area contributed by atoms with Gasteiger partial charge in [0.15, 0.2) is 0 Å². The van der Waals surface area contributed by atoms with Gasteiger partial charge in [-0.3, -0.25) is 4.21 Å². The molecule has 92 valence electrons. The summed E-state index contributed by atoms with van der Waals surface area (Å²) in [6.07, 6.45) is 1.79. The standard InChI is InChI=1S/C13H17NO2S/c1-2-17(15)8-7-14-9-11-10-16-13-6-4-3-5-12(11)13/h3-6,10,14H,2,7-9H2,1H3. The molecule has 0 aliphatic carbocycles. The number of furan rings is 1. The van der Waals surface area contributed by atoms with Gasteiger partial charge in [-0.1, -0.05) is 25.1 Å². The Morgan fingerprint density at radius 2 is 2.18 bits per heavy atom. The second-order valence-corrected chi connectivity index (χ2v) is 5.73. The van der Waals surface area contributed by atoms with Crippen molar-refractivity contribution in [3.8, 4) is 0 Å². The number of benzene rings is 1. The van der Waals surface area contributed by atoms with Crippen LogP contribution in [0.3, 0.4) is 0 Å². The first-order valence-corrected chi connectivity index (χ1v) is 7.31. The summed E-state index contributed by atoms with van der Waals surface area (Å²) in [7, 11) is -0.688. The van der Waals surface area contributed by atoms with Crippen LogP contribution in [-0.4, -0.2) is 22.3 Å². The van der Waals surface area contributed by atoms with Crippen LogP contribution in [0, 0.1) is 0 Å². The number of rotatable bonds is 6.